The van der Waals surface area contributed by atoms with Crippen LogP contribution in [0.4, 0.5) is 17.1 Å². The number of benzene rings is 8. The summed E-state index contributed by atoms with van der Waals surface area (Å²) < 4.78 is 10.5. The molecule has 0 unspecified atom stereocenters. The fourth-order valence-corrected chi connectivity index (χ4v) is 12.1. The maximum absolute atomic E-state index is 7.92. The van der Waals surface area contributed by atoms with Crippen molar-refractivity contribution in [2.75, 3.05) is 4.90 Å². The van der Waals surface area contributed by atoms with Crippen LogP contribution in [0, 0.1) is 0 Å². The predicted molar refractivity (Wildman–Crippen MR) is 304 cm³/mol. The number of aromatic nitrogens is 1. The largest absolute Gasteiger partial charge is 0.456 e. The van der Waals surface area contributed by atoms with Gasteiger partial charge in [0.05, 0.1) is 16.7 Å². The van der Waals surface area contributed by atoms with Crippen LogP contribution in [0.3, 0.4) is 0 Å². The average Bonchev–Trinajstić information content (AvgIpc) is 3.76. The maximum atomic E-state index is 7.92. The van der Waals surface area contributed by atoms with E-state index in [0.717, 1.165) is 39.7 Å². The lowest BCUT2D eigenvalue weighted by Crippen LogP contribution is -2.60. The molecule has 3 aliphatic rings. The van der Waals surface area contributed by atoms with Gasteiger partial charge in [-0.2, -0.15) is 0 Å². The van der Waals surface area contributed by atoms with E-state index in [9.17, 15) is 0 Å². The third kappa shape index (κ3) is 6.91. The van der Waals surface area contributed by atoms with Crippen molar-refractivity contribution in [3.63, 3.8) is 0 Å². The third-order valence-corrected chi connectivity index (χ3v) is 16.3. The molecular weight excluding hydrogens is 860 g/mol. The molecule has 4 heteroatoms. The van der Waals surface area contributed by atoms with Crippen molar-refractivity contribution in [2.45, 2.75) is 124 Å². The summed E-state index contributed by atoms with van der Waals surface area (Å²) in [5, 5.41) is 2.54. The number of rotatable bonds is 3. The van der Waals surface area contributed by atoms with E-state index >= 15 is 0 Å². The summed E-state index contributed by atoms with van der Waals surface area (Å²) in [5.74, 6) is 1.83. The van der Waals surface area contributed by atoms with Gasteiger partial charge in [-0.05, 0) is 143 Å². The van der Waals surface area contributed by atoms with E-state index in [1.165, 1.54) is 88.4 Å². The normalized spacial score (nSPS) is 14.8. The standard InChI is InChI=1S/C67H67BN2O/c1-63(2,3)42-24-29-46(30-25-42)69-56-33-28-45(66(10,11)12)38-52(56)68-53-39-51-59(47-22-18-19-23-50(47)67(51,13)14)61(62(53)71-58-35-41(34-57(69)60(58)68)40-20-16-15-17-21-40)70-54-31-26-43(64(4,5)6)36-48(54)49-37-44(65(7,8)9)27-32-55(49)70/h15-39H,1-14H3. The summed E-state index contributed by atoms with van der Waals surface area (Å²) in [5.41, 5.74) is 23.1. The Morgan fingerprint density at radius 2 is 1.01 bits per heavy atom. The maximum Gasteiger partial charge on any atom is 0.256 e. The number of hydrogen-bond donors (Lipinski definition) is 0. The predicted octanol–water partition coefficient (Wildman–Crippen LogP) is 16.4. The highest BCUT2D eigenvalue weighted by Crippen LogP contribution is 2.56. The Bertz CT molecular complexity index is 3600. The van der Waals surface area contributed by atoms with Gasteiger partial charge in [0.25, 0.3) is 6.71 Å². The summed E-state index contributed by atoms with van der Waals surface area (Å²) in [6.07, 6.45) is 0. The summed E-state index contributed by atoms with van der Waals surface area (Å²) in [4.78, 5) is 2.52. The molecule has 3 heterocycles. The lowest BCUT2D eigenvalue weighted by Gasteiger charge is -2.42. The zero-order chi connectivity index (χ0) is 49.9. The van der Waals surface area contributed by atoms with Crippen molar-refractivity contribution in [2.24, 2.45) is 0 Å². The Labute approximate surface area is 422 Å². The fraction of sp³-hybridized carbons (Fsp3) is 0.284. The molecule has 8 aromatic carbocycles. The SMILES string of the molecule is CC(C)(C)c1ccc(N2c3ccc(C(C)(C)C)cc3B3c4cc5c(c(-n6c7ccc(C(C)(C)C)cc7c7cc(C(C)(C)C)ccc76)c4Oc4cc(-c6ccccc6)cc2c43)-c2ccccc2C5(C)C)cc1. The molecule has 0 N–H and O–H groups in total. The number of fused-ring (bicyclic) bond motifs is 10. The van der Waals surface area contributed by atoms with Gasteiger partial charge in [0.2, 0.25) is 0 Å². The molecule has 0 bridgehead atoms. The van der Waals surface area contributed by atoms with Gasteiger partial charge in [-0.15, -0.1) is 0 Å². The second-order valence-corrected chi connectivity index (χ2v) is 25.5. The summed E-state index contributed by atoms with van der Waals surface area (Å²) in [7, 11) is 0. The molecule has 1 aliphatic carbocycles. The van der Waals surface area contributed by atoms with Crippen molar-refractivity contribution in [3.05, 3.63) is 185 Å². The molecule has 0 spiro atoms. The van der Waals surface area contributed by atoms with Crippen LogP contribution in [0.1, 0.15) is 130 Å². The van der Waals surface area contributed by atoms with Crippen LogP contribution in [0.2, 0.25) is 0 Å². The highest BCUT2D eigenvalue weighted by atomic mass is 16.5. The first-order chi connectivity index (χ1) is 33.5. The van der Waals surface area contributed by atoms with Crippen molar-refractivity contribution in [3.8, 4) is 39.4 Å². The van der Waals surface area contributed by atoms with Crippen LogP contribution in [0.5, 0.6) is 11.5 Å². The van der Waals surface area contributed by atoms with E-state index in [1.807, 2.05) is 0 Å². The molecule has 71 heavy (non-hydrogen) atoms. The minimum atomic E-state index is -0.279. The Balaban J connectivity index is 1.24. The molecular formula is C67H67BN2O. The fourth-order valence-electron chi connectivity index (χ4n) is 12.1. The molecule has 0 atom stereocenters. The van der Waals surface area contributed by atoms with E-state index in [-0.39, 0.29) is 33.8 Å². The number of anilines is 3. The van der Waals surface area contributed by atoms with E-state index in [2.05, 4.69) is 258 Å². The number of hydrogen-bond acceptors (Lipinski definition) is 2. The quantitative estimate of drug-likeness (QED) is 0.164. The van der Waals surface area contributed by atoms with Gasteiger partial charge < -0.3 is 14.2 Å². The Morgan fingerprint density at radius 3 is 1.62 bits per heavy atom. The average molecular weight is 927 g/mol. The molecule has 12 rings (SSSR count). The first-order valence-corrected chi connectivity index (χ1v) is 25.9. The summed E-state index contributed by atoms with van der Waals surface area (Å²) in [6, 6.07) is 58.3. The molecule has 0 amide bonds. The van der Waals surface area contributed by atoms with Crippen LogP contribution in [0.15, 0.2) is 152 Å². The first-order valence-electron chi connectivity index (χ1n) is 25.9. The summed E-state index contributed by atoms with van der Waals surface area (Å²) >= 11 is 0. The first kappa shape index (κ1) is 45.4. The molecule has 2 aliphatic heterocycles. The Kier molecular flexibility index (Phi) is 9.66. The lowest BCUT2D eigenvalue weighted by atomic mass is 9.33. The van der Waals surface area contributed by atoms with Gasteiger partial charge in [0.15, 0.2) is 0 Å². The Morgan fingerprint density at radius 1 is 0.465 bits per heavy atom. The van der Waals surface area contributed by atoms with Crippen molar-refractivity contribution < 1.29 is 4.74 Å². The second-order valence-electron chi connectivity index (χ2n) is 25.5. The minimum Gasteiger partial charge on any atom is -0.456 e. The van der Waals surface area contributed by atoms with Gasteiger partial charge >= 0.3 is 0 Å². The van der Waals surface area contributed by atoms with Crippen LogP contribution in [-0.2, 0) is 27.1 Å². The van der Waals surface area contributed by atoms with Crippen LogP contribution in [0.25, 0.3) is 49.7 Å². The Hall–Kier alpha value is -6.78. The van der Waals surface area contributed by atoms with Crippen molar-refractivity contribution in [1.82, 2.24) is 4.57 Å². The van der Waals surface area contributed by atoms with Crippen LogP contribution >= 0.6 is 0 Å². The second kappa shape index (κ2) is 15.1. The molecule has 0 saturated heterocycles. The molecule has 9 aromatic rings. The van der Waals surface area contributed by atoms with Gasteiger partial charge in [-0.3, -0.25) is 0 Å². The van der Waals surface area contributed by atoms with Gasteiger partial charge in [-0.25, -0.2) is 0 Å². The summed E-state index contributed by atoms with van der Waals surface area (Å²) in [6.45, 7) is 32.6. The molecule has 0 radical (unpaired) electrons. The monoisotopic (exact) mass is 927 g/mol. The zero-order valence-corrected chi connectivity index (χ0v) is 44.3. The highest BCUT2D eigenvalue weighted by Gasteiger charge is 2.48. The lowest BCUT2D eigenvalue weighted by molar-refractivity contribution is 0.485. The topological polar surface area (TPSA) is 17.4 Å². The highest BCUT2D eigenvalue weighted by molar-refractivity contribution is 6.99. The molecule has 3 nitrogen and oxygen atoms in total. The van der Waals surface area contributed by atoms with E-state index in [0.29, 0.717) is 0 Å². The molecule has 1 aromatic heterocycles. The van der Waals surface area contributed by atoms with E-state index < -0.39 is 0 Å². The van der Waals surface area contributed by atoms with E-state index in [1.54, 1.807) is 0 Å². The van der Waals surface area contributed by atoms with Crippen LogP contribution < -0.4 is 26.0 Å². The minimum absolute atomic E-state index is 0.0237. The van der Waals surface area contributed by atoms with Crippen molar-refractivity contribution >= 4 is 62.0 Å². The van der Waals surface area contributed by atoms with Gasteiger partial charge in [-0.1, -0.05) is 194 Å². The molecule has 0 saturated carbocycles. The number of nitrogens with zero attached hydrogens (tertiary/aromatic N) is 2. The van der Waals surface area contributed by atoms with E-state index in [4.69, 9.17) is 4.74 Å². The van der Waals surface area contributed by atoms with Crippen LogP contribution in [-0.4, -0.2) is 11.3 Å². The number of ether oxygens (including phenoxy) is 1. The van der Waals surface area contributed by atoms with Gasteiger partial charge in [0.1, 0.15) is 11.5 Å². The van der Waals surface area contributed by atoms with Crippen molar-refractivity contribution in [1.29, 1.82) is 0 Å². The molecule has 354 valence electrons. The zero-order valence-electron chi connectivity index (χ0n) is 44.3. The third-order valence-electron chi connectivity index (χ3n) is 16.3. The van der Waals surface area contributed by atoms with Gasteiger partial charge in [0, 0.05) is 38.8 Å². The molecule has 0 fully saturated rings. The smallest absolute Gasteiger partial charge is 0.256 e.